The smallest absolute Gasteiger partial charge is 0.270 e. The van der Waals surface area contributed by atoms with E-state index in [1.807, 2.05) is 27.8 Å². The molecule has 0 unspecified atom stereocenters. The van der Waals surface area contributed by atoms with Crippen LogP contribution in [0.3, 0.4) is 0 Å². The molecule has 0 saturated carbocycles. The molecule has 2 aliphatic rings. The standard InChI is InChI=1S/C16H23N3O2/c1-12(2)19-7-3-4-13(19)15(21)18-8-5-16(6-9-18)10-14(20)17-11-16/h3-4,7,12H,5-6,8-11H2,1-2H3,(H,17,20). The Labute approximate surface area is 125 Å². The van der Waals surface area contributed by atoms with Gasteiger partial charge in [0.05, 0.1) is 0 Å². The van der Waals surface area contributed by atoms with Crippen LogP contribution in [0.25, 0.3) is 0 Å². The van der Waals surface area contributed by atoms with Crippen molar-refractivity contribution in [2.75, 3.05) is 19.6 Å². The van der Waals surface area contributed by atoms with Crippen LogP contribution < -0.4 is 5.32 Å². The molecule has 21 heavy (non-hydrogen) atoms. The molecule has 2 amide bonds. The summed E-state index contributed by atoms with van der Waals surface area (Å²) in [5, 5.41) is 2.93. The van der Waals surface area contributed by atoms with Gasteiger partial charge in [0.2, 0.25) is 5.91 Å². The molecule has 0 aliphatic carbocycles. The van der Waals surface area contributed by atoms with Crippen LogP contribution in [0.4, 0.5) is 0 Å². The SMILES string of the molecule is CC(C)n1cccc1C(=O)N1CCC2(CC1)CNC(=O)C2. The Kier molecular flexibility index (Phi) is 3.51. The summed E-state index contributed by atoms with van der Waals surface area (Å²) in [6.07, 6.45) is 4.42. The number of carbonyl (C=O) groups excluding carboxylic acids is 2. The average Bonchev–Trinajstić information content (AvgIpc) is 3.07. The van der Waals surface area contributed by atoms with E-state index in [1.165, 1.54) is 0 Å². The molecule has 0 aromatic carbocycles. The monoisotopic (exact) mass is 289 g/mol. The van der Waals surface area contributed by atoms with Gasteiger partial charge < -0.3 is 14.8 Å². The van der Waals surface area contributed by atoms with Crippen molar-refractivity contribution in [2.24, 2.45) is 5.41 Å². The fraction of sp³-hybridized carbons (Fsp3) is 0.625. The molecule has 3 heterocycles. The molecule has 0 atom stereocenters. The summed E-state index contributed by atoms with van der Waals surface area (Å²) in [7, 11) is 0. The quantitative estimate of drug-likeness (QED) is 0.903. The Balaban J connectivity index is 1.68. The number of rotatable bonds is 2. The number of nitrogens with zero attached hydrogens (tertiary/aromatic N) is 2. The molecule has 1 aromatic heterocycles. The fourth-order valence-electron chi connectivity index (χ4n) is 3.48. The van der Waals surface area contributed by atoms with E-state index in [1.54, 1.807) is 0 Å². The molecule has 2 saturated heterocycles. The highest BCUT2D eigenvalue weighted by atomic mass is 16.2. The second-order valence-electron chi connectivity index (χ2n) is 6.64. The maximum atomic E-state index is 12.7. The molecule has 2 fully saturated rings. The van der Waals surface area contributed by atoms with Crippen molar-refractivity contribution in [3.63, 3.8) is 0 Å². The highest BCUT2D eigenvalue weighted by Gasteiger charge is 2.41. The highest BCUT2D eigenvalue weighted by molar-refractivity contribution is 5.93. The first-order chi connectivity index (χ1) is 10.0. The second-order valence-corrected chi connectivity index (χ2v) is 6.64. The number of hydrogen-bond acceptors (Lipinski definition) is 2. The van der Waals surface area contributed by atoms with Crippen LogP contribution in [0.5, 0.6) is 0 Å². The van der Waals surface area contributed by atoms with Gasteiger partial charge in [-0.2, -0.15) is 0 Å². The summed E-state index contributed by atoms with van der Waals surface area (Å²) in [6, 6.07) is 4.11. The zero-order valence-corrected chi connectivity index (χ0v) is 12.8. The third kappa shape index (κ3) is 2.57. The number of hydrogen-bond donors (Lipinski definition) is 1. The van der Waals surface area contributed by atoms with E-state index in [2.05, 4.69) is 19.2 Å². The summed E-state index contributed by atoms with van der Waals surface area (Å²) in [5.41, 5.74) is 0.857. The van der Waals surface area contributed by atoms with Crippen LogP contribution in [0, 0.1) is 5.41 Å². The van der Waals surface area contributed by atoms with Crippen LogP contribution in [-0.2, 0) is 4.79 Å². The average molecular weight is 289 g/mol. The Hall–Kier alpha value is -1.78. The first kappa shape index (κ1) is 14.2. The van der Waals surface area contributed by atoms with Gasteiger partial charge in [-0.1, -0.05) is 0 Å². The minimum Gasteiger partial charge on any atom is -0.356 e. The molecule has 1 N–H and O–H groups in total. The third-order valence-electron chi connectivity index (χ3n) is 4.86. The normalized spacial score (nSPS) is 21.1. The van der Waals surface area contributed by atoms with E-state index < -0.39 is 0 Å². The van der Waals surface area contributed by atoms with Crippen molar-refractivity contribution in [3.8, 4) is 0 Å². The Morgan fingerprint density at radius 3 is 2.62 bits per heavy atom. The van der Waals surface area contributed by atoms with Gasteiger partial charge in [0.15, 0.2) is 0 Å². The van der Waals surface area contributed by atoms with Gasteiger partial charge in [-0.3, -0.25) is 9.59 Å². The van der Waals surface area contributed by atoms with E-state index in [9.17, 15) is 9.59 Å². The van der Waals surface area contributed by atoms with Crippen LogP contribution in [0.2, 0.25) is 0 Å². The second kappa shape index (κ2) is 5.20. The fourth-order valence-corrected chi connectivity index (χ4v) is 3.48. The summed E-state index contributed by atoms with van der Waals surface area (Å²) in [5.74, 6) is 0.268. The Morgan fingerprint density at radius 2 is 2.05 bits per heavy atom. The number of piperidine rings is 1. The predicted octanol–water partition coefficient (Wildman–Crippen LogP) is 1.81. The van der Waals surface area contributed by atoms with Gasteiger partial charge in [0.25, 0.3) is 5.91 Å². The van der Waals surface area contributed by atoms with Crippen LogP contribution in [0.15, 0.2) is 18.3 Å². The van der Waals surface area contributed by atoms with Gasteiger partial charge in [0.1, 0.15) is 5.69 Å². The number of aromatic nitrogens is 1. The topological polar surface area (TPSA) is 54.3 Å². The Bertz CT molecular complexity index is 554. The van der Waals surface area contributed by atoms with E-state index in [-0.39, 0.29) is 23.3 Å². The molecule has 2 aliphatic heterocycles. The maximum absolute atomic E-state index is 12.7. The predicted molar refractivity (Wildman–Crippen MR) is 80.0 cm³/mol. The van der Waals surface area contributed by atoms with Crippen LogP contribution in [0.1, 0.15) is 49.6 Å². The molecule has 0 radical (unpaired) electrons. The highest BCUT2D eigenvalue weighted by Crippen LogP contribution is 2.37. The number of carbonyl (C=O) groups is 2. The van der Waals surface area contributed by atoms with E-state index >= 15 is 0 Å². The van der Waals surface area contributed by atoms with E-state index in [4.69, 9.17) is 0 Å². The zero-order valence-electron chi connectivity index (χ0n) is 12.8. The molecule has 0 bridgehead atoms. The third-order valence-corrected chi connectivity index (χ3v) is 4.86. The number of amides is 2. The van der Waals surface area contributed by atoms with Crippen molar-refractivity contribution in [2.45, 2.75) is 39.2 Å². The first-order valence-corrected chi connectivity index (χ1v) is 7.74. The Morgan fingerprint density at radius 1 is 1.33 bits per heavy atom. The minimum absolute atomic E-state index is 0.0912. The summed E-state index contributed by atoms with van der Waals surface area (Å²) in [4.78, 5) is 26.1. The van der Waals surface area contributed by atoms with Gasteiger partial charge in [0, 0.05) is 38.3 Å². The molecular formula is C16H23N3O2. The lowest BCUT2D eigenvalue weighted by Crippen LogP contribution is -2.44. The molecule has 114 valence electrons. The molecular weight excluding hydrogens is 266 g/mol. The molecule has 1 aromatic rings. The minimum atomic E-state index is 0.0912. The zero-order chi connectivity index (χ0) is 15.0. The van der Waals surface area contributed by atoms with Crippen LogP contribution >= 0.6 is 0 Å². The van der Waals surface area contributed by atoms with Crippen molar-refractivity contribution >= 4 is 11.8 Å². The first-order valence-electron chi connectivity index (χ1n) is 7.74. The van der Waals surface area contributed by atoms with Crippen LogP contribution in [-0.4, -0.2) is 40.9 Å². The largest absolute Gasteiger partial charge is 0.356 e. The van der Waals surface area contributed by atoms with E-state index in [0.717, 1.165) is 38.2 Å². The summed E-state index contributed by atoms with van der Waals surface area (Å²) >= 11 is 0. The van der Waals surface area contributed by atoms with Crippen molar-refractivity contribution in [1.82, 2.24) is 14.8 Å². The summed E-state index contributed by atoms with van der Waals surface area (Å²) in [6.45, 7) is 6.43. The molecule has 5 heteroatoms. The molecule has 3 rings (SSSR count). The lowest BCUT2D eigenvalue weighted by atomic mass is 9.77. The number of nitrogens with one attached hydrogen (secondary N) is 1. The van der Waals surface area contributed by atoms with E-state index in [0.29, 0.717) is 6.42 Å². The lowest BCUT2D eigenvalue weighted by Gasteiger charge is -2.38. The van der Waals surface area contributed by atoms with Gasteiger partial charge in [-0.15, -0.1) is 0 Å². The van der Waals surface area contributed by atoms with Crippen molar-refractivity contribution < 1.29 is 9.59 Å². The van der Waals surface area contributed by atoms with Crippen molar-refractivity contribution in [1.29, 1.82) is 0 Å². The van der Waals surface area contributed by atoms with Crippen molar-refractivity contribution in [3.05, 3.63) is 24.0 Å². The van der Waals surface area contributed by atoms with Gasteiger partial charge >= 0.3 is 0 Å². The van der Waals surface area contributed by atoms with Gasteiger partial charge in [-0.05, 0) is 44.2 Å². The summed E-state index contributed by atoms with van der Waals surface area (Å²) < 4.78 is 2.02. The van der Waals surface area contributed by atoms with Gasteiger partial charge in [-0.25, -0.2) is 0 Å². The lowest BCUT2D eigenvalue weighted by molar-refractivity contribution is -0.119. The maximum Gasteiger partial charge on any atom is 0.270 e. The molecule has 1 spiro atoms. The molecule has 5 nitrogen and oxygen atoms in total. The number of likely N-dealkylation sites (tertiary alicyclic amines) is 1.